The number of hydrazone groups is 1. The smallest absolute Gasteiger partial charge is 0.289 e. The van der Waals surface area contributed by atoms with Crippen molar-refractivity contribution < 1.29 is 4.79 Å². The van der Waals surface area contributed by atoms with Crippen LogP contribution in [0.2, 0.25) is 0 Å². The highest BCUT2D eigenvalue weighted by Gasteiger charge is 2.10. The van der Waals surface area contributed by atoms with E-state index in [4.69, 9.17) is 0 Å². The zero-order chi connectivity index (χ0) is 19.2. The molecule has 1 aromatic heterocycles. The Labute approximate surface area is 158 Å². The van der Waals surface area contributed by atoms with E-state index in [-0.39, 0.29) is 5.91 Å². The maximum atomic E-state index is 12.2. The molecule has 0 fully saturated rings. The number of carbonyl (C=O) groups excluding carboxylic acids is 1. The van der Waals surface area contributed by atoms with Gasteiger partial charge in [0, 0.05) is 25.3 Å². The van der Waals surface area contributed by atoms with Crippen molar-refractivity contribution in [3.63, 3.8) is 0 Å². The Hall–Kier alpha value is -3.41. The van der Waals surface area contributed by atoms with Gasteiger partial charge in [-0.05, 0) is 35.7 Å². The van der Waals surface area contributed by atoms with Crippen LogP contribution >= 0.6 is 0 Å². The Morgan fingerprint density at radius 2 is 1.85 bits per heavy atom. The summed E-state index contributed by atoms with van der Waals surface area (Å²) in [5.41, 5.74) is 7.85. The van der Waals surface area contributed by atoms with Crippen molar-refractivity contribution in [3.8, 4) is 11.3 Å². The van der Waals surface area contributed by atoms with Gasteiger partial charge in [-0.2, -0.15) is 10.2 Å². The van der Waals surface area contributed by atoms with E-state index in [2.05, 4.69) is 39.8 Å². The Bertz CT molecular complexity index is 924. The molecule has 0 bridgehead atoms. The molecule has 0 atom stereocenters. The van der Waals surface area contributed by atoms with Crippen LogP contribution in [0.5, 0.6) is 0 Å². The number of hydrogen-bond donors (Lipinski definition) is 2. The second-order valence-corrected chi connectivity index (χ2v) is 6.40. The highest BCUT2D eigenvalue weighted by Crippen LogP contribution is 2.18. The Morgan fingerprint density at radius 3 is 2.48 bits per heavy atom. The van der Waals surface area contributed by atoms with Gasteiger partial charge in [-0.15, -0.1) is 0 Å². The summed E-state index contributed by atoms with van der Waals surface area (Å²) in [4.78, 5) is 14.2. The van der Waals surface area contributed by atoms with Crippen LogP contribution in [0.3, 0.4) is 0 Å². The predicted molar refractivity (Wildman–Crippen MR) is 109 cm³/mol. The standard InChI is InChI=1S/C21H23N5O/c1-4-15-5-9-17(10-6-15)19-13-20(24-23-19)21(27)25-22-14-16-7-11-18(12-8-16)26(2)3/h5-14H,4H2,1-3H3,(H,23,24)(H,25,27)/b22-14-. The molecule has 138 valence electrons. The molecule has 1 amide bonds. The molecule has 0 spiro atoms. The lowest BCUT2D eigenvalue weighted by atomic mass is 10.1. The van der Waals surface area contributed by atoms with Gasteiger partial charge in [-0.25, -0.2) is 5.43 Å². The number of H-pyrrole nitrogens is 1. The molecule has 0 aliphatic rings. The number of rotatable bonds is 6. The third kappa shape index (κ3) is 4.61. The fourth-order valence-electron chi connectivity index (χ4n) is 2.58. The number of carbonyl (C=O) groups is 1. The van der Waals surface area contributed by atoms with Crippen LogP contribution in [0.1, 0.15) is 28.5 Å². The number of aromatic nitrogens is 2. The summed E-state index contributed by atoms with van der Waals surface area (Å²) >= 11 is 0. The van der Waals surface area contributed by atoms with Crippen molar-refractivity contribution in [2.45, 2.75) is 13.3 Å². The number of amides is 1. The number of aryl methyl sites for hydroxylation is 1. The minimum atomic E-state index is -0.333. The van der Waals surface area contributed by atoms with Gasteiger partial charge in [0.05, 0.1) is 11.9 Å². The van der Waals surface area contributed by atoms with Gasteiger partial charge in [0.25, 0.3) is 5.91 Å². The Kier molecular flexibility index (Phi) is 5.66. The number of nitrogens with zero attached hydrogens (tertiary/aromatic N) is 3. The number of benzene rings is 2. The fourth-order valence-corrected chi connectivity index (χ4v) is 2.58. The molecule has 6 heteroatoms. The number of aromatic amines is 1. The van der Waals surface area contributed by atoms with Crippen LogP contribution in [0, 0.1) is 0 Å². The normalized spacial score (nSPS) is 10.9. The molecule has 2 N–H and O–H groups in total. The number of anilines is 1. The molecule has 3 rings (SSSR count). The summed E-state index contributed by atoms with van der Waals surface area (Å²) in [5.74, 6) is -0.333. The minimum absolute atomic E-state index is 0.333. The molecule has 6 nitrogen and oxygen atoms in total. The second kappa shape index (κ2) is 8.31. The Morgan fingerprint density at radius 1 is 1.15 bits per heavy atom. The van der Waals surface area contributed by atoms with Crippen LogP contribution in [0.15, 0.2) is 59.7 Å². The molecule has 0 saturated carbocycles. The van der Waals surface area contributed by atoms with Crippen LogP contribution in [0.25, 0.3) is 11.3 Å². The van der Waals surface area contributed by atoms with Crippen LogP contribution in [-0.2, 0) is 6.42 Å². The number of hydrogen-bond acceptors (Lipinski definition) is 4. The first-order chi connectivity index (χ1) is 13.1. The summed E-state index contributed by atoms with van der Waals surface area (Å²) in [5, 5.41) is 11.0. The molecular weight excluding hydrogens is 338 g/mol. The first-order valence-corrected chi connectivity index (χ1v) is 8.82. The van der Waals surface area contributed by atoms with Gasteiger partial charge in [0.2, 0.25) is 0 Å². The fraction of sp³-hybridized carbons (Fsp3) is 0.190. The van der Waals surface area contributed by atoms with Crippen molar-refractivity contribution in [1.29, 1.82) is 0 Å². The zero-order valence-corrected chi connectivity index (χ0v) is 15.7. The van der Waals surface area contributed by atoms with E-state index in [9.17, 15) is 4.79 Å². The molecule has 0 aliphatic carbocycles. The average molecular weight is 361 g/mol. The third-order valence-electron chi connectivity index (χ3n) is 4.27. The lowest BCUT2D eigenvalue weighted by Crippen LogP contribution is -2.18. The van der Waals surface area contributed by atoms with Gasteiger partial charge in [0.15, 0.2) is 0 Å². The minimum Gasteiger partial charge on any atom is -0.378 e. The molecule has 0 saturated heterocycles. The zero-order valence-electron chi connectivity index (χ0n) is 15.7. The van der Waals surface area contributed by atoms with Gasteiger partial charge in [0.1, 0.15) is 5.69 Å². The highest BCUT2D eigenvalue weighted by molar-refractivity contribution is 5.94. The third-order valence-corrected chi connectivity index (χ3v) is 4.27. The van der Waals surface area contributed by atoms with Crippen molar-refractivity contribution in [1.82, 2.24) is 15.6 Å². The summed E-state index contributed by atoms with van der Waals surface area (Å²) in [7, 11) is 3.97. The first kappa shape index (κ1) is 18.4. The SMILES string of the molecule is CCc1ccc(-c2cc(C(=O)N/N=C\c3ccc(N(C)C)cc3)[nH]n2)cc1. The maximum absolute atomic E-state index is 12.2. The van der Waals surface area contributed by atoms with Crippen molar-refractivity contribution in [3.05, 3.63) is 71.4 Å². The van der Waals surface area contributed by atoms with E-state index in [0.717, 1.165) is 28.9 Å². The summed E-state index contributed by atoms with van der Waals surface area (Å²) in [6, 6.07) is 17.7. The monoisotopic (exact) mass is 361 g/mol. The van der Waals surface area contributed by atoms with Crippen molar-refractivity contribution in [2.24, 2.45) is 5.10 Å². The predicted octanol–water partition coefficient (Wildman–Crippen LogP) is 3.47. The van der Waals surface area contributed by atoms with Gasteiger partial charge < -0.3 is 4.90 Å². The average Bonchev–Trinajstić information content (AvgIpc) is 3.19. The summed E-state index contributed by atoms with van der Waals surface area (Å²) in [6.45, 7) is 2.11. The van der Waals surface area contributed by atoms with Crippen LogP contribution in [-0.4, -0.2) is 36.4 Å². The topological polar surface area (TPSA) is 73.4 Å². The highest BCUT2D eigenvalue weighted by atomic mass is 16.2. The second-order valence-electron chi connectivity index (χ2n) is 6.40. The Balaban J connectivity index is 1.62. The van der Waals surface area contributed by atoms with Crippen LogP contribution < -0.4 is 10.3 Å². The van der Waals surface area contributed by atoms with E-state index in [1.165, 1.54) is 5.56 Å². The molecule has 1 heterocycles. The molecule has 0 aliphatic heterocycles. The first-order valence-electron chi connectivity index (χ1n) is 8.82. The summed E-state index contributed by atoms with van der Waals surface area (Å²) < 4.78 is 0. The van der Waals surface area contributed by atoms with E-state index in [0.29, 0.717) is 5.69 Å². The van der Waals surface area contributed by atoms with Crippen LogP contribution in [0.4, 0.5) is 5.69 Å². The molecule has 0 unspecified atom stereocenters. The maximum Gasteiger partial charge on any atom is 0.289 e. The molecule has 3 aromatic rings. The van der Waals surface area contributed by atoms with E-state index in [1.54, 1.807) is 12.3 Å². The molecule has 27 heavy (non-hydrogen) atoms. The van der Waals surface area contributed by atoms with Crippen molar-refractivity contribution >= 4 is 17.8 Å². The lowest BCUT2D eigenvalue weighted by molar-refractivity contribution is 0.0950. The largest absolute Gasteiger partial charge is 0.378 e. The summed E-state index contributed by atoms with van der Waals surface area (Å²) in [6.07, 6.45) is 2.60. The molecule has 0 radical (unpaired) electrons. The van der Waals surface area contributed by atoms with Crippen molar-refractivity contribution in [2.75, 3.05) is 19.0 Å². The van der Waals surface area contributed by atoms with E-state index < -0.39 is 0 Å². The van der Waals surface area contributed by atoms with Gasteiger partial charge in [-0.3, -0.25) is 9.89 Å². The van der Waals surface area contributed by atoms with E-state index >= 15 is 0 Å². The van der Waals surface area contributed by atoms with Gasteiger partial charge >= 0.3 is 0 Å². The molecule has 2 aromatic carbocycles. The lowest BCUT2D eigenvalue weighted by Gasteiger charge is -2.11. The molecular formula is C21H23N5O. The van der Waals surface area contributed by atoms with E-state index in [1.807, 2.05) is 55.4 Å². The quantitative estimate of drug-likeness (QED) is 0.521. The number of nitrogens with one attached hydrogen (secondary N) is 2. The van der Waals surface area contributed by atoms with Gasteiger partial charge in [-0.1, -0.05) is 43.3 Å².